The molecule has 4 nitrogen and oxygen atoms in total. The van der Waals surface area contributed by atoms with Gasteiger partial charge in [-0.15, -0.1) is 0 Å². The quantitative estimate of drug-likeness (QED) is 0.880. The van der Waals surface area contributed by atoms with Crippen LogP contribution in [0.1, 0.15) is 11.1 Å². The highest BCUT2D eigenvalue weighted by Gasteiger charge is 2.16. The average Bonchev–Trinajstić information content (AvgIpc) is 2.69. The van der Waals surface area contributed by atoms with Gasteiger partial charge in [-0.3, -0.25) is 4.90 Å². The first kappa shape index (κ1) is 13.8. The summed E-state index contributed by atoms with van der Waals surface area (Å²) in [4.78, 5) is 2.35. The van der Waals surface area contributed by atoms with E-state index in [2.05, 4.69) is 11.0 Å². The first-order chi connectivity index (χ1) is 10.3. The Kier molecular flexibility index (Phi) is 3.97. The number of fused-ring (bicyclic) bond motifs is 1. The smallest absolute Gasteiger partial charge is 0.123 e. The molecule has 0 amide bonds. The summed E-state index contributed by atoms with van der Waals surface area (Å²) in [5.41, 5.74) is 8.99. The Labute approximate surface area is 125 Å². The third-order valence-corrected chi connectivity index (χ3v) is 3.73. The number of ether oxygens (including phenoxy) is 2. The van der Waals surface area contributed by atoms with Gasteiger partial charge in [-0.1, -0.05) is 18.2 Å². The molecule has 0 bridgehead atoms. The molecule has 0 aliphatic carbocycles. The largest absolute Gasteiger partial charge is 0.496 e. The Balaban J connectivity index is 1.81. The maximum Gasteiger partial charge on any atom is 0.123 e. The topological polar surface area (TPSA) is 47.7 Å². The minimum absolute atomic E-state index is 0.696. The second kappa shape index (κ2) is 6.06. The van der Waals surface area contributed by atoms with Crippen LogP contribution in [0, 0.1) is 0 Å². The summed E-state index contributed by atoms with van der Waals surface area (Å²) < 4.78 is 11.2. The van der Waals surface area contributed by atoms with Gasteiger partial charge in [-0.05, 0) is 24.3 Å². The van der Waals surface area contributed by atoms with Crippen LogP contribution in [0.25, 0.3) is 0 Å². The maximum absolute atomic E-state index is 5.90. The van der Waals surface area contributed by atoms with E-state index in [1.807, 2.05) is 36.4 Å². The van der Waals surface area contributed by atoms with E-state index in [0.717, 1.165) is 42.4 Å². The van der Waals surface area contributed by atoms with E-state index in [0.29, 0.717) is 6.61 Å². The van der Waals surface area contributed by atoms with E-state index in [1.165, 1.54) is 5.56 Å². The number of nitrogens with two attached hydrogens (primary N) is 1. The molecule has 4 heteroatoms. The summed E-state index contributed by atoms with van der Waals surface area (Å²) >= 11 is 0. The van der Waals surface area contributed by atoms with E-state index < -0.39 is 0 Å². The van der Waals surface area contributed by atoms with Gasteiger partial charge in [0.15, 0.2) is 0 Å². The highest BCUT2D eigenvalue weighted by Crippen LogP contribution is 2.26. The van der Waals surface area contributed by atoms with Gasteiger partial charge < -0.3 is 15.2 Å². The van der Waals surface area contributed by atoms with Gasteiger partial charge in [-0.2, -0.15) is 0 Å². The summed E-state index contributed by atoms with van der Waals surface area (Å²) in [7, 11) is 1.69. The van der Waals surface area contributed by atoms with Crippen LogP contribution >= 0.6 is 0 Å². The number of rotatable bonds is 3. The van der Waals surface area contributed by atoms with Crippen LogP contribution in [0.3, 0.4) is 0 Å². The molecule has 1 aliphatic heterocycles. The van der Waals surface area contributed by atoms with Gasteiger partial charge in [0.1, 0.15) is 18.1 Å². The fourth-order valence-electron chi connectivity index (χ4n) is 2.68. The van der Waals surface area contributed by atoms with Gasteiger partial charge >= 0.3 is 0 Å². The molecule has 0 saturated carbocycles. The molecule has 3 rings (SSSR count). The van der Waals surface area contributed by atoms with Crippen molar-refractivity contribution in [3.8, 4) is 11.5 Å². The molecule has 1 heterocycles. The maximum atomic E-state index is 5.90. The minimum atomic E-state index is 0.696. The lowest BCUT2D eigenvalue weighted by atomic mass is 10.1. The molecular weight excluding hydrogens is 264 g/mol. The summed E-state index contributed by atoms with van der Waals surface area (Å²) in [5, 5.41) is 0. The number of nitrogens with zero attached hydrogens (tertiary/aromatic N) is 1. The monoisotopic (exact) mass is 284 g/mol. The molecule has 2 aromatic rings. The Morgan fingerprint density at radius 1 is 1.24 bits per heavy atom. The minimum Gasteiger partial charge on any atom is -0.496 e. The van der Waals surface area contributed by atoms with Gasteiger partial charge in [0.25, 0.3) is 0 Å². The SMILES string of the molecule is COc1ccc(N)cc1CN1CCOc2ccccc2C1. The zero-order chi connectivity index (χ0) is 14.7. The van der Waals surface area contributed by atoms with Gasteiger partial charge in [0.2, 0.25) is 0 Å². The van der Waals surface area contributed by atoms with Crippen molar-refractivity contribution in [1.82, 2.24) is 4.90 Å². The first-order valence-electron chi connectivity index (χ1n) is 7.12. The zero-order valence-electron chi connectivity index (χ0n) is 12.2. The summed E-state index contributed by atoms with van der Waals surface area (Å²) in [6.07, 6.45) is 0. The first-order valence-corrected chi connectivity index (χ1v) is 7.12. The Hall–Kier alpha value is -2.20. The molecule has 0 saturated heterocycles. The van der Waals surface area contributed by atoms with E-state index in [9.17, 15) is 0 Å². The molecule has 0 atom stereocenters. The molecule has 0 radical (unpaired) electrons. The number of hydrogen-bond acceptors (Lipinski definition) is 4. The van der Waals surface area contributed by atoms with Crippen LogP contribution in [0.2, 0.25) is 0 Å². The van der Waals surface area contributed by atoms with Crippen molar-refractivity contribution in [1.29, 1.82) is 0 Å². The normalized spacial score (nSPS) is 14.9. The van der Waals surface area contributed by atoms with Crippen molar-refractivity contribution in [2.24, 2.45) is 0 Å². The fourth-order valence-corrected chi connectivity index (χ4v) is 2.68. The number of methoxy groups -OCH3 is 1. The molecule has 2 N–H and O–H groups in total. The van der Waals surface area contributed by atoms with Crippen molar-refractivity contribution in [2.45, 2.75) is 13.1 Å². The van der Waals surface area contributed by atoms with Crippen molar-refractivity contribution < 1.29 is 9.47 Å². The Morgan fingerprint density at radius 3 is 2.95 bits per heavy atom. The third kappa shape index (κ3) is 3.11. The summed E-state index contributed by atoms with van der Waals surface area (Å²) in [6.45, 7) is 3.24. The van der Waals surface area contributed by atoms with E-state index in [-0.39, 0.29) is 0 Å². The summed E-state index contributed by atoms with van der Waals surface area (Å²) in [6, 6.07) is 14.0. The van der Waals surface area contributed by atoms with E-state index in [1.54, 1.807) is 7.11 Å². The van der Waals surface area contributed by atoms with Crippen molar-refractivity contribution >= 4 is 5.69 Å². The van der Waals surface area contributed by atoms with Crippen molar-refractivity contribution in [3.05, 3.63) is 53.6 Å². The van der Waals surface area contributed by atoms with Gasteiger partial charge in [0, 0.05) is 36.4 Å². The number of hydrogen-bond donors (Lipinski definition) is 1. The van der Waals surface area contributed by atoms with E-state index in [4.69, 9.17) is 15.2 Å². The zero-order valence-corrected chi connectivity index (χ0v) is 12.2. The molecule has 2 aromatic carbocycles. The van der Waals surface area contributed by atoms with Crippen LogP contribution in [0.4, 0.5) is 5.69 Å². The molecule has 0 aromatic heterocycles. The standard InChI is InChI=1S/C17H20N2O2/c1-20-16-7-6-15(18)10-14(16)12-19-8-9-21-17-5-3-2-4-13(17)11-19/h2-7,10H,8-9,11-12,18H2,1H3. The lowest BCUT2D eigenvalue weighted by molar-refractivity contribution is 0.217. The second-order valence-electron chi connectivity index (χ2n) is 5.24. The van der Waals surface area contributed by atoms with E-state index >= 15 is 0 Å². The molecular formula is C17H20N2O2. The molecule has 110 valence electrons. The molecule has 0 fully saturated rings. The Bertz CT molecular complexity index is 628. The molecule has 0 unspecified atom stereocenters. The van der Waals surface area contributed by atoms with Crippen LogP contribution < -0.4 is 15.2 Å². The highest BCUT2D eigenvalue weighted by atomic mass is 16.5. The second-order valence-corrected chi connectivity index (χ2v) is 5.24. The van der Waals surface area contributed by atoms with Crippen LogP contribution in [-0.2, 0) is 13.1 Å². The number of anilines is 1. The van der Waals surface area contributed by atoms with Crippen molar-refractivity contribution in [2.75, 3.05) is 26.0 Å². The predicted octanol–water partition coefficient (Wildman–Crippen LogP) is 2.67. The third-order valence-electron chi connectivity index (χ3n) is 3.73. The predicted molar refractivity (Wildman–Crippen MR) is 83.5 cm³/mol. The Morgan fingerprint density at radius 2 is 2.10 bits per heavy atom. The highest BCUT2D eigenvalue weighted by molar-refractivity contribution is 5.48. The number of benzene rings is 2. The lowest BCUT2D eigenvalue weighted by Gasteiger charge is -2.21. The average molecular weight is 284 g/mol. The summed E-state index contributed by atoms with van der Waals surface area (Å²) in [5.74, 6) is 1.86. The van der Waals surface area contributed by atoms with Crippen LogP contribution in [0.5, 0.6) is 11.5 Å². The molecule has 0 spiro atoms. The molecule has 21 heavy (non-hydrogen) atoms. The lowest BCUT2D eigenvalue weighted by Crippen LogP contribution is -2.25. The van der Waals surface area contributed by atoms with Gasteiger partial charge in [0.05, 0.1) is 7.11 Å². The fraction of sp³-hybridized carbons (Fsp3) is 0.294. The number of para-hydroxylation sites is 1. The van der Waals surface area contributed by atoms with Crippen LogP contribution in [-0.4, -0.2) is 25.2 Å². The number of nitrogen functional groups attached to an aromatic ring is 1. The molecule has 1 aliphatic rings. The van der Waals surface area contributed by atoms with Crippen molar-refractivity contribution in [3.63, 3.8) is 0 Å². The van der Waals surface area contributed by atoms with Gasteiger partial charge in [-0.25, -0.2) is 0 Å². The van der Waals surface area contributed by atoms with Crippen LogP contribution in [0.15, 0.2) is 42.5 Å².